The minimum Gasteiger partial charge on any atom is -0.481 e. The molecule has 0 aromatic heterocycles. The number of hydrogen-bond acceptors (Lipinski definition) is 1. The van der Waals surface area contributed by atoms with E-state index >= 15 is 0 Å². The summed E-state index contributed by atoms with van der Waals surface area (Å²) in [5.41, 5.74) is 0. The number of rotatable bonds is 14. The smallest absolute Gasteiger partial charge is 0.303 e. The minimum absolute atomic E-state index is 0.312. The van der Waals surface area contributed by atoms with Crippen molar-refractivity contribution < 1.29 is 9.90 Å². The fraction of sp³-hybridized carbons (Fsp3) is 0.722. The molecule has 0 heterocycles. The average Bonchev–Trinajstić information content (AvgIpc) is 2.43. The van der Waals surface area contributed by atoms with Crippen LogP contribution in [0.5, 0.6) is 0 Å². The van der Waals surface area contributed by atoms with Gasteiger partial charge in [0.05, 0.1) is 0 Å². The predicted octanol–water partition coefficient (Wildman–Crippen LogP) is 5.88. The van der Waals surface area contributed by atoms with Gasteiger partial charge in [0, 0.05) is 6.42 Å². The van der Waals surface area contributed by atoms with Crippen molar-refractivity contribution >= 4 is 5.97 Å². The molecule has 0 bridgehead atoms. The van der Waals surface area contributed by atoms with E-state index in [0.29, 0.717) is 6.42 Å². The Balaban J connectivity index is 3.19. The fourth-order valence-electron chi connectivity index (χ4n) is 2.07. The molecule has 0 rings (SSSR count). The van der Waals surface area contributed by atoms with Crippen LogP contribution < -0.4 is 0 Å². The number of hydrogen-bond donors (Lipinski definition) is 1. The third-order valence-corrected chi connectivity index (χ3v) is 3.32. The summed E-state index contributed by atoms with van der Waals surface area (Å²) in [6.07, 6.45) is 22.3. The molecule has 0 saturated carbocycles. The highest BCUT2D eigenvalue weighted by Crippen LogP contribution is 2.06. The molecule has 2 nitrogen and oxygen atoms in total. The average molecular weight is 280 g/mol. The van der Waals surface area contributed by atoms with Crippen LogP contribution in [0.25, 0.3) is 0 Å². The molecule has 20 heavy (non-hydrogen) atoms. The second-order valence-corrected chi connectivity index (χ2v) is 5.36. The maximum atomic E-state index is 10.3. The summed E-state index contributed by atoms with van der Waals surface area (Å²) in [6, 6.07) is 0. The second-order valence-electron chi connectivity index (χ2n) is 5.36. The first-order chi connectivity index (χ1) is 9.77. The first-order valence-electron chi connectivity index (χ1n) is 8.29. The van der Waals surface area contributed by atoms with Gasteiger partial charge in [0.1, 0.15) is 0 Å². The lowest BCUT2D eigenvalue weighted by molar-refractivity contribution is -0.137. The Hall–Kier alpha value is -1.05. The monoisotopic (exact) mass is 280 g/mol. The van der Waals surface area contributed by atoms with Crippen molar-refractivity contribution in [3.8, 4) is 0 Å². The van der Waals surface area contributed by atoms with E-state index in [1.54, 1.807) is 0 Å². The molecular formula is C18H32O2. The standard InChI is InChI=1S/C18H32O2/c1-2-3-4-5-6-7-8-9-10-11-12-13-14-15-16-17-18(19)20/h7-8,11-12H,2-6,9-10,13-17H2,1H3,(H,19,20)/b8-7-,12-11-. The van der Waals surface area contributed by atoms with Crippen LogP contribution in [0, 0.1) is 0 Å². The molecule has 0 fully saturated rings. The molecular weight excluding hydrogens is 248 g/mol. The Kier molecular flexibility index (Phi) is 15.2. The molecule has 0 radical (unpaired) electrons. The van der Waals surface area contributed by atoms with Gasteiger partial charge in [-0.1, -0.05) is 56.9 Å². The molecule has 0 aliphatic heterocycles. The van der Waals surface area contributed by atoms with Gasteiger partial charge in [-0.3, -0.25) is 4.79 Å². The zero-order valence-corrected chi connectivity index (χ0v) is 13.2. The van der Waals surface area contributed by atoms with E-state index in [9.17, 15) is 4.79 Å². The van der Waals surface area contributed by atoms with E-state index in [1.165, 1.54) is 32.1 Å². The van der Waals surface area contributed by atoms with E-state index in [0.717, 1.165) is 38.5 Å². The maximum absolute atomic E-state index is 10.3. The maximum Gasteiger partial charge on any atom is 0.303 e. The number of unbranched alkanes of at least 4 members (excludes halogenated alkanes) is 8. The van der Waals surface area contributed by atoms with Crippen LogP contribution in [0.4, 0.5) is 0 Å². The largest absolute Gasteiger partial charge is 0.481 e. The van der Waals surface area contributed by atoms with Crippen LogP contribution >= 0.6 is 0 Å². The molecule has 116 valence electrons. The van der Waals surface area contributed by atoms with Crippen molar-refractivity contribution in [2.24, 2.45) is 0 Å². The lowest BCUT2D eigenvalue weighted by Crippen LogP contribution is -1.93. The predicted molar refractivity (Wildman–Crippen MR) is 87.0 cm³/mol. The first kappa shape index (κ1) is 18.9. The Bertz CT molecular complexity index is 267. The van der Waals surface area contributed by atoms with Gasteiger partial charge in [0.2, 0.25) is 0 Å². The number of carboxylic acids is 1. The SMILES string of the molecule is CCCCCC/C=C\CC/C=C\CCCCCC(=O)O. The molecule has 0 unspecified atom stereocenters. The quantitative estimate of drug-likeness (QED) is 0.318. The van der Waals surface area contributed by atoms with Crippen LogP contribution in [0.1, 0.15) is 84.0 Å². The highest BCUT2D eigenvalue weighted by Gasteiger charge is 1.94. The van der Waals surface area contributed by atoms with E-state index in [-0.39, 0.29) is 0 Å². The molecule has 0 spiro atoms. The van der Waals surface area contributed by atoms with Crippen molar-refractivity contribution in [3.63, 3.8) is 0 Å². The van der Waals surface area contributed by atoms with Gasteiger partial charge >= 0.3 is 5.97 Å². The van der Waals surface area contributed by atoms with Gasteiger partial charge in [-0.2, -0.15) is 0 Å². The van der Waals surface area contributed by atoms with Crippen molar-refractivity contribution in [2.75, 3.05) is 0 Å². The third-order valence-electron chi connectivity index (χ3n) is 3.32. The summed E-state index contributed by atoms with van der Waals surface area (Å²) in [5.74, 6) is -0.679. The van der Waals surface area contributed by atoms with Gasteiger partial charge in [-0.05, 0) is 44.9 Å². The van der Waals surface area contributed by atoms with Gasteiger partial charge < -0.3 is 5.11 Å². The summed E-state index contributed by atoms with van der Waals surface area (Å²) < 4.78 is 0. The summed E-state index contributed by atoms with van der Waals surface area (Å²) in [6.45, 7) is 2.24. The van der Waals surface area contributed by atoms with E-state index < -0.39 is 5.97 Å². The van der Waals surface area contributed by atoms with Gasteiger partial charge in [0.15, 0.2) is 0 Å². The van der Waals surface area contributed by atoms with Crippen molar-refractivity contribution in [2.45, 2.75) is 84.0 Å². The van der Waals surface area contributed by atoms with Crippen LogP contribution in [0.3, 0.4) is 0 Å². The Morgan fingerprint density at radius 3 is 1.75 bits per heavy atom. The van der Waals surface area contributed by atoms with Crippen molar-refractivity contribution in [1.82, 2.24) is 0 Å². The van der Waals surface area contributed by atoms with Gasteiger partial charge in [-0.15, -0.1) is 0 Å². The molecule has 0 atom stereocenters. The summed E-state index contributed by atoms with van der Waals surface area (Å²) in [4.78, 5) is 10.3. The number of aliphatic carboxylic acids is 1. The lowest BCUT2D eigenvalue weighted by Gasteiger charge is -1.95. The molecule has 0 amide bonds. The summed E-state index contributed by atoms with van der Waals surface area (Å²) in [7, 11) is 0. The van der Waals surface area contributed by atoms with E-state index in [1.807, 2.05) is 0 Å². The first-order valence-corrected chi connectivity index (χ1v) is 8.29. The Morgan fingerprint density at radius 1 is 0.750 bits per heavy atom. The van der Waals surface area contributed by atoms with Crippen LogP contribution in [0.15, 0.2) is 24.3 Å². The van der Waals surface area contributed by atoms with Gasteiger partial charge in [-0.25, -0.2) is 0 Å². The molecule has 2 heteroatoms. The van der Waals surface area contributed by atoms with E-state index in [4.69, 9.17) is 5.11 Å². The van der Waals surface area contributed by atoms with Crippen molar-refractivity contribution in [1.29, 1.82) is 0 Å². The molecule has 0 aromatic carbocycles. The van der Waals surface area contributed by atoms with E-state index in [2.05, 4.69) is 31.2 Å². The second kappa shape index (κ2) is 16.0. The fourth-order valence-corrected chi connectivity index (χ4v) is 2.07. The highest BCUT2D eigenvalue weighted by atomic mass is 16.4. The number of carbonyl (C=O) groups is 1. The van der Waals surface area contributed by atoms with Crippen molar-refractivity contribution in [3.05, 3.63) is 24.3 Å². The Morgan fingerprint density at radius 2 is 1.25 bits per heavy atom. The molecule has 0 aliphatic carbocycles. The lowest BCUT2D eigenvalue weighted by atomic mass is 10.1. The molecule has 0 saturated heterocycles. The van der Waals surface area contributed by atoms with Crippen LogP contribution in [-0.2, 0) is 4.79 Å². The Labute approximate surface area is 125 Å². The minimum atomic E-state index is -0.679. The zero-order chi connectivity index (χ0) is 14.9. The molecule has 0 aliphatic rings. The van der Waals surface area contributed by atoms with Gasteiger partial charge in [0.25, 0.3) is 0 Å². The van der Waals surface area contributed by atoms with Crippen LogP contribution in [-0.4, -0.2) is 11.1 Å². The highest BCUT2D eigenvalue weighted by molar-refractivity contribution is 5.66. The summed E-state index contributed by atoms with van der Waals surface area (Å²) in [5, 5.41) is 8.50. The summed E-state index contributed by atoms with van der Waals surface area (Å²) >= 11 is 0. The topological polar surface area (TPSA) is 37.3 Å². The third kappa shape index (κ3) is 16.9. The molecule has 0 aromatic rings. The number of carboxylic acid groups (broad SMARTS) is 1. The zero-order valence-electron chi connectivity index (χ0n) is 13.2. The van der Waals surface area contributed by atoms with Crippen LogP contribution in [0.2, 0.25) is 0 Å². The normalized spacial score (nSPS) is 11.7. The molecule has 1 N–H and O–H groups in total. The number of allylic oxidation sites excluding steroid dienone is 4.